The monoisotopic (exact) mass is 325 g/mol. The topological polar surface area (TPSA) is 56.2 Å². The Morgan fingerprint density at radius 1 is 1.35 bits per heavy atom. The summed E-state index contributed by atoms with van der Waals surface area (Å²) in [5.41, 5.74) is 0.502. The fourth-order valence-electron chi connectivity index (χ4n) is 2.28. The molecule has 0 spiro atoms. The summed E-state index contributed by atoms with van der Waals surface area (Å²) in [6.45, 7) is 9.15. The van der Waals surface area contributed by atoms with Crippen LogP contribution in [0.2, 0.25) is 0 Å². The zero-order valence-electron chi connectivity index (χ0n) is 13.9. The molecule has 1 aromatic carbocycles. The maximum absolute atomic E-state index is 13.5. The molecule has 1 unspecified atom stereocenters. The molecule has 2 rings (SSSR count). The van der Waals surface area contributed by atoms with Gasteiger partial charge in [0.25, 0.3) is 0 Å². The molecule has 1 N–H and O–H groups in total. The zero-order valence-corrected chi connectivity index (χ0v) is 13.9. The maximum atomic E-state index is 13.5. The molecule has 7 heteroatoms. The van der Waals surface area contributed by atoms with E-state index in [2.05, 4.69) is 10.4 Å². The van der Waals surface area contributed by atoms with Crippen LogP contribution in [0.3, 0.4) is 0 Å². The van der Waals surface area contributed by atoms with E-state index < -0.39 is 23.3 Å². The van der Waals surface area contributed by atoms with Crippen molar-refractivity contribution in [2.75, 3.05) is 0 Å². The molecule has 0 aliphatic rings. The lowest BCUT2D eigenvalue weighted by atomic mass is 10.2. The Bertz CT molecular complexity index is 735. The summed E-state index contributed by atoms with van der Waals surface area (Å²) in [4.78, 5) is 11.8. The molecule has 1 atom stereocenters. The highest BCUT2D eigenvalue weighted by Crippen LogP contribution is 2.22. The molecule has 2 aromatic rings. The smallest absolute Gasteiger partial charge is 0.407 e. The first kappa shape index (κ1) is 17.2. The predicted octanol–water partition coefficient (Wildman–Crippen LogP) is 3.54. The van der Waals surface area contributed by atoms with E-state index in [0.717, 1.165) is 12.1 Å². The van der Waals surface area contributed by atoms with Gasteiger partial charge in [0.2, 0.25) is 0 Å². The Balaban J connectivity index is 2.15. The highest BCUT2D eigenvalue weighted by molar-refractivity contribution is 5.82. The van der Waals surface area contributed by atoms with Crippen LogP contribution in [0, 0.1) is 18.6 Å². The van der Waals surface area contributed by atoms with Crippen molar-refractivity contribution in [3.8, 4) is 0 Å². The van der Waals surface area contributed by atoms with Crippen molar-refractivity contribution < 1.29 is 18.3 Å². The maximum Gasteiger partial charge on any atom is 0.407 e. The van der Waals surface area contributed by atoms with Gasteiger partial charge in [0.05, 0.1) is 17.8 Å². The third-order valence-corrected chi connectivity index (χ3v) is 3.19. The Morgan fingerprint density at radius 2 is 1.96 bits per heavy atom. The lowest BCUT2D eigenvalue weighted by Crippen LogP contribution is -2.39. The van der Waals surface area contributed by atoms with Crippen LogP contribution in [-0.2, 0) is 11.3 Å². The van der Waals surface area contributed by atoms with Crippen molar-refractivity contribution in [2.45, 2.75) is 52.8 Å². The van der Waals surface area contributed by atoms with Gasteiger partial charge in [-0.15, -0.1) is 0 Å². The molecule has 0 radical (unpaired) electrons. The van der Waals surface area contributed by atoms with Gasteiger partial charge in [0, 0.05) is 17.5 Å². The zero-order chi connectivity index (χ0) is 17.4. The van der Waals surface area contributed by atoms with Crippen LogP contribution in [0.15, 0.2) is 12.1 Å². The van der Waals surface area contributed by atoms with Crippen LogP contribution < -0.4 is 5.32 Å². The average molecular weight is 325 g/mol. The molecule has 126 valence electrons. The van der Waals surface area contributed by atoms with Crippen molar-refractivity contribution >= 4 is 17.0 Å². The number of ether oxygens (including phenoxy) is 1. The van der Waals surface area contributed by atoms with E-state index in [-0.39, 0.29) is 6.04 Å². The van der Waals surface area contributed by atoms with Crippen LogP contribution in [0.5, 0.6) is 0 Å². The van der Waals surface area contributed by atoms with Gasteiger partial charge in [0.15, 0.2) is 11.6 Å². The average Bonchev–Trinajstić information content (AvgIpc) is 2.64. The summed E-state index contributed by atoms with van der Waals surface area (Å²) in [5.74, 6) is -1.83. The number of benzene rings is 1. The molecule has 1 aromatic heterocycles. The number of amides is 1. The lowest BCUT2D eigenvalue weighted by molar-refractivity contribution is 0.0504. The van der Waals surface area contributed by atoms with Crippen molar-refractivity contribution in [3.63, 3.8) is 0 Å². The largest absolute Gasteiger partial charge is 0.444 e. The highest BCUT2D eigenvalue weighted by Gasteiger charge is 2.19. The summed E-state index contributed by atoms with van der Waals surface area (Å²) in [7, 11) is 0. The minimum atomic E-state index is -0.925. The van der Waals surface area contributed by atoms with Gasteiger partial charge >= 0.3 is 6.09 Å². The van der Waals surface area contributed by atoms with Gasteiger partial charge in [-0.05, 0) is 40.7 Å². The number of carbonyl (C=O) groups is 1. The number of fused-ring (bicyclic) bond motifs is 1. The minimum Gasteiger partial charge on any atom is -0.444 e. The van der Waals surface area contributed by atoms with Crippen LogP contribution >= 0.6 is 0 Å². The summed E-state index contributed by atoms with van der Waals surface area (Å²) in [6.07, 6.45) is -0.532. The SMILES string of the molecule is Cc1nn(CC(C)NC(=O)OC(C)(C)C)c2cc(F)c(F)cc12. The number of rotatable bonds is 3. The summed E-state index contributed by atoms with van der Waals surface area (Å²) >= 11 is 0. The van der Waals surface area contributed by atoms with E-state index in [0.29, 0.717) is 23.1 Å². The fraction of sp³-hybridized carbons (Fsp3) is 0.500. The van der Waals surface area contributed by atoms with E-state index in [1.165, 1.54) is 0 Å². The second kappa shape index (κ2) is 6.14. The van der Waals surface area contributed by atoms with Crippen molar-refractivity contribution in [1.82, 2.24) is 15.1 Å². The Hall–Kier alpha value is -2.18. The third-order valence-electron chi connectivity index (χ3n) is 3.19. The summed E-state index contributed by atoms with van der Waals surface area (Å²) in [6, 6.07) is 1.96. The van der Waals surface area contributed by atoms with E-state index >= 15 is 0 Å². The van der Waals surface area contributed by atoms with Gasteiger partial charge in [-0.3, -0.25) is 4.68 Å². The molecule has 0 saturated heterocycles. The van der Waals surface area contributed by atoms with Gasteiger partial charge < -0.3 is 10.1 Å². The van der Waals surface area contributed by atoms with E-state index in [1.807, 2.05) is 0 Å². The number of hydrogen-bond acceptors (Lipinski definition) is 3. The molecule has 0 bridgehead atoms. The van der Waals surface area contributed by atoms with Crippen molar-refractivity contribution in [3.05, 3.63) is 29.5 Å². The first-order valence-corrected chi connectivity index (χ1v) is 7.38. The van der Waals surface area contributed by atoms with Gasteiger partial charge in [-0.25, -0.2) is 13.6 Å². The Labute approximate surface area is 133 Å². The Morgan fingerprint density at radius 3 is 2.57 bits per heavy atom. The van der Waals surface area contributed by atoms with Crippen molar-refractivity contribution in [2.24, 2.45) is 0 Å². The van der Waals surface area contributed by atoms with E-state index in [9.17, 15) is 13.6 Å². The number of nitrogens with zero attached hydrogens (tertiary/aromatic N) is 2. The standard InChI is InChI=1S/C16H21F2N3O2/c1-9(19-15(22)23-16(3,4)5)8-21-14-7-13(18)12(17)6-11(14)10(2)20-21/h6-7,9H,8H2,1-5H3,(H,19,22). The molecule has 1 amide bonds. The number of hydrogen-bond donors (Lipinski definition) is 1. The number of nitrogens with one attached hydrogen (secondary N) is 1. The molecule has 0 fully saturated rings. The van der Waals surface area contributed by atoms with Gasteiger partial charge in [0.1, 0.15) is 5.60 Å². The number of alkyl carbamates (subject to hydrolysis) is 1. The fourth-order valence-corrected chi connectivity index (χ4v) is 2.28. The predicted molar refractivity (Wildman–Crippen MR) is 83.2 cm³/mol. The molecular weight excluding hydrogens is 304 g/mol. The molecule has 5 nitrogen and oxygen atoms in total. The van der Waals surface area contributed by atoms with Crippen LogP contribution in [0.4, 0.5) is 13.6 Å². The molecule has 1 heterocycles. The number of carbonyl (C=O) groups excluding carboxylic acids is 1. The van der Waals surface area contributed by atoms with Crippen LogP contribution in [0.1, 0.15) is 33.4 Å². The molecule has 23 heavy (non-hydrogen) atoms. The molecule has 0 aliphatic heterocycles. The summed E-state index contributed by atoms with van der Waals surface area (Å²) in [5, 5.41) is 7.53. The quantitative estimate of drug-likeness (QED) is 0.939. The van der Waals surface area contributed by atoms with Crippen molar-refractivity contribution in [1.29, 1.82) is 0 Å². The summed E-state index contributed by atoms with van der Waals surface area (Å²) < 4.78 is 33.5. The third kappa shape index (κ3) is 4.18. The minimum absolute atomic E-state index is 0.291. The highest BCUT2D eigenvalue weighted by atomic mass is 19.2. The number of aryl methyl sites for hydroxylation is 1. The van der Waals surface area contributed by atoms with Crippen LogP contribution in [-0.4, -0.2) is 27.5 Å². The normalized spacial score (nSPS) is 13.2. The van der Waals surface area contributed by atoms with Gasteiger partial charge in [-0.2, -0.15) is 5.10 Å². The molecule has 0 aliphatic carbocycles. The number of aromatic nitrogens is 2. The van der Waals surface area contributed by atoms with E-state index in [1.54, 1.807) is 39.3 Å². The van der Waals surface area contributed by atoms with Crippen LogP contribution in [0.25, 0.3) is 10.9 Å². The first-order chi connectivity index (χ1) is 10.6. The van der Waals surface area contributed by atoms with Gasteiger partial charge in [-0.1, -0.05) is 0 Å². The first-order valence-electron chi connectivity index (χ1n) is 7.38. The molecule has 0 saturated carbocycles. The Kier molecular flexibility index (Phi) is 4.58. The second-order valence-corrected chi connectivity index (χ2v) is 6.60. The lowest BCUT2D eigenvalue weighted by Gasteiger charge is -2.22. The second-order valence-electron chi connectivity index (χ2n) is 6.60. The molecular formula is C16H21F2N3O2. The van der Waals surface area contributed by atoms with E-state index in [4.69, 9.17) is 4.74 Å². The number of halogens is 2.